The zero-order valence-corrected chi connectivity index (χ0v) is 17.0. The first-order chi connectivity index (χ1) is 13.9. The van der Waals surface area contributed by atoms with Gasteiger partial charge in [0.1, 0.15) is 18.1 Å². The van der Waals surface area contributed by atoms with Gasteiger partial charge in [-0.2, -0.15) is 0 Å². The molecule has 1 heterocycles. The predicted molar refractivity (Wildman–Crippen MR) is 109 cm³/mol. The fourth-order valence-corrected chi connectivity index (χ4v) is 4.11. The summed E-state index contributed by atoms with van der Waals surface area (Å²) in [6, 6.07) is 12.9. The van der Waals surface area contributed by atoms with E-state index in [1.54, 1.807) is 42.5 Å². The minimum absolute atomic E-state index is 0.0963. The van der Waals surface area contributed by atoms with E-state index in [1.807, 2.05) is 0 Å². The van der Waals surface area contributed by atoms with Gasteiger partial charge in [0.05, 0.1) is 16.9 Å². The predicted octanol–water partition coefficient (Wildman–Crippen LogP) is 2.38. The van der Waals surface area contributed by atoms with Gasteiger partial charge in [0.15, 0.2) is 0 Å². The fraction of sp³-hybridized carbons (Fsp3) is 0.158. The first-order valence-corrected chi connectivity index (χ1v) is 10.8. The van der Waals surface area contributed by atoms with Crippen molar-refractivity contribution in [3.63, 3.8) is 0 Å². The van der Waals surface area contributed by atoms with Crippen molar-refractivity contribution in [2.24, 2.45) is 0 Å². The summed E-state index contributed by atoms with van der Waals surface area (Å²) in [5, 5.41) is 1.80. The monoisotopic (exact) mass is 434 g/mol. The van der Waals surface area contributed by atoms with Crippen molar-refractivity contribution in [2.45, 2.75) is 4.90 Å². The Bertz CT molecular complexity index is 1030. The number of carbonyl (C=O) groups excluding carboxylic acids is 2. The lowest BCUT2D eigenvalue weighted by atomic mass is 10.2. The maximum absolute atomic E-state index is 12.2. The van der Waals surface area contributed by atoms with Crippen molar-refractivity contribution in [3.05, 3.63) is 59.0 Å². The second-order valence-electron chi connectivity index (χ2n) is 5.84. The number of rotatable bonds is 8. The third kappa shape index (κ3) is 5.59. The molecule has 0 spiro atoms. The topological polar surface area (TPSA) is 111 Å². The molecule has 0 aromatic heterocycles. The van der Waals surface area contributed by atoms with E-state index in [2.05, 4.69) is 10.0 Å². The summed E-state index contributed by atoms with van der Waals surface area (Å²) < 4.78 is 37.5. The minimum Gasteiger partial charge on any atom is -0.497 e. The molecule has 1 fully saturated rings. The van der Waals surface area contributed by atoms with E-state index in [-0.39, 0.29) is 18.0 Å². The molecule has 0 bridgehead atoms. The van der Waals surface area contributed by atoms with Crippen LogP contribution in [0.25, 0.3) is 6.08 Å². The molecule has 0 unspecified atom stereocenters. The van der Waals surface area contributed by atoms with Crippen molar-refractivity contribution in [2.75, 3.05) is 20.3 Å². The molecular weight excluding hydrogens is 416 g/mol. The van der Waals surface area contributed by atoms with Crippen LogP contribution in [0, 0.1) is 0 Å². The molecule has 2 aromatic rings. The molecule has 2 amide bonds. The van der Waals surface area contributed by atoms with Gasteiger partial charge in [0, 0.05) is 6.54 Å². The SMILES string of the molecule is COc1ccc(S(=O)(=O)NCCOc2ccc(/C=C3\SC(=O)NC3=O)cc2)cc1. The van der Waals surface area contributed by atoms with Crippen molar-refractivity contribution in [3.8, 4) is 11.5 Å². The Morgan fingerprint density at radius 1 is 1.03 bits per heavy atom. The molecule has 0 atom stereocenters. The van der Waals surface area contributed by atoms with Gasteiger partial charge in [-0.3, -0.25) is 14.9 Å². The summed E-state index contributed by atoms with van der Waals surface area (Å²) in [7, 11) is -2.12. The molecule has 29 heavy (non-hydrogen) atoms. The number of benzene rings is 2. The maximum atomic E-state index is 12.2. The van der Waals surface area contributed by atoms with Crippen LogP contribution in [0.15, 0.2) is 58.3 Å². The van der Waals surface area contributed by atoms with Crippen LogP contribution in [-0.2, 0) is 14.8 Å². The van der Waals surface area contributed by atoms with E-state index in [1.165, 1.54) is 19.2 Å². The van der Waals surface area contributed by atoms with Gasteiger partial charge in [0.25, 0.3) is 11.1 Å². The Balaban J connectivity index is 1.49. The molecular formula is C19H18N2O6S2. The van der Waals surface area contributed by atoms with Crippen LogP contribution < -0.4 is 19.5 Å². The van der Waals surface area contributed by atoms with Gasteiger partial charge in [-0.05, 0) is 59.8 Å². The molecule has 1 saturated heterocycles. The molecule has 2 aromatic carbocycles. The fourth-order valence-electron chi connectivity index (χ4n) is 2.42. The highest BCUT2D eigenvalue weighted by molar-refractivity contribution is 8.18. The maximum Gasteiger partial charge on any atom is 0.290 e. The molecule has 3 rings (SSSR count). The molecule has 0 saturated carbocycles. The smallest absolute Gasteiger partial charge is 0.290 e. The molecule has 2 N–H and O–H groups in total. The Morgan fingerprint density at radius 3 is 2.28 bits per heavy atom. The summed E-state index contributed by atoms with van der Waals surface area (Å²) in [6.45, 7) is 0.238. The highest BCUT2D eigenvalue weighted by atomic mass is 32.2. The van der Waals surface area contributed by atoms with Gasteiger partial charge in [-0.15, -0.1) is 0 Å². The van der Waals surface area contributed by atoms with E-state index in [0.29, 0.717) is 16.4 Å². The van der Waals surface area contributed by atoms with Crippen LogP contribution in [0.5, 0.6) is 11.5 Å². The normalized spacial score (nSPS) is 15.4. The van der Waals surface area contributed by atoms with Crippen LogP contribution in [-0.4, -0.2) is 39.8 Å². The summed E-state index contributed by atoms with van der Waals surface area (Å²) in [6.07, 6.45) is 1.61. The number of thioether (sulfide) groups is 1. The van der Waals surface area contributed by atoms with Crippen molar-refractivity contribution >= 4 is 39.0 Å². The number of ether oxygens (including phenoxy) is 2. The van der Waals surface area contributed by atoms with E-state index in [0.717, 1.165) is 17.3 Å². The molecule has 1 aliphatic rings. The average Bonchev–Trinajstić information content (AvgIpc) is 3.03. The average molecular weight is 434 g/mol. The summed E-state index contributed by atoms with van der Waals surface area (Å²) in [4.78, 5) is 23.2. The van der Waals surface area contributed by atoms with Gasteiger partial charge >= 0.3 is 0 Å². The Labute approximate surface area is 172 Å². The number of hydrogen-bond acceptors (Lipinski definition) is 7. The van der Waals surface area contributed by atoms with Crippen molar-refractivity contribution in [1.29, 1.82) is 0 Å². The molecule has 0 radical (unpaired) electrons. The van der Waals surface area contributed by atoms with Crippen molar-refractivity contribution < 1.29 is 27.5 Å². The summed E-state index contributed by atoms with van der Waals surface area (Å²) in [5.74, 6) is 0.713. The zero-order valence-electron chi connectivity index (χ0n) is 15.4. The Kier molecular flexibility index (Phi) is 6.57. The lowest BCUT2D eigenvalue weighted by Crippen LogP contribution is -2.28. The molecule has 152 valence electrons. The van der Waals surface area contributed by atoms with Gasteiger partial charge in [-0.25, -0.2) is 13.1 Å². The second-order valence-corrected chi connectivity index (χ2v) is 8.62. The number of sulfonamides is 1. The Hall–Kier alpha value is -2.82. The molecule has 0 aliphatic carbocycles. The highest BCUT2D eigenvalue weighted by Gasteiger charge is 2.24. The molecule has 8 nitrogen and oxygen atoms in total. The van der Waals surface area contributed by atoms with Crippen LogP contribution in [0.4, 0.5) is 4.79 Å². The number of hydrogen-bond donors (Lipinski definition) is 2. The summed E-state index contributed by atoms with van der Waals surface area (Å²) >= 11 is 0.850. The second kappa shape index (κ2) is 9.12. The quantitative estimate of drug-likeness (QED) is 0.485. The van der Waals surface area contributed by atoms with Crippen LogP contribution >= 0.6 is 11.8 Å². The third-order valence-electron chi connectivity index (χ3n) is 3.85. The van der Waals surface area contributed by atoms with E-state index in [9.17, 15) is 18.0 Å². The van der Waals surface area contributed by atoms with Crippen molar-refractivity contribution in [1.82, 2.24) is 10.0 Å². The Morgan fingerprint density at radius 2 is 1.69 bits per heavy atom. The largest absolute Gasteiger partial charge is 0.497 e. The molecule has 1 aliphatic heterocycles. The van der Waals surface area contributed by atoms with E-state index in [4.69, 9.17) is 9.47 Å². The lowest BCUT2D eigenvalue weighted by Gasteiger charge is -2.09. The minimum atomic E-state index is -3.63. The number of amides is 2. The van der Waals surface area contributed by atoms with Gasteiger partial charge in [0.2, 0.25) is 10.0 Å². The highest BCUT2D eigenvalue weighted by Crippen LogP contribution is 2.26. The number of nitrogens with one attached hydrogen (secondary N) is 2. The van der Waals surface area contributed by atoms with Gasteiger partial charge < -0.3 is 9.47 Å². The van der Waals surface area contributed by atoms with E-state index >= 15 is 0 Å². The summed E-state index contributed by atoms with van der Waals surface area (Å²) in [5.41, 5.74) is 0.741. The molecule has 10 heteroatoms. The van der Waals surface area contributed by atoms with Crippen LogP contribution in [0.3, 0.4) is 0 Å². The number of carbonyl (C=O) groups is 2. The first-order valence-electron chi connectivity index (χ1n) is 8.49. The standard InChI is InChI=1S/C19H18N2O6S2/c1-26-14-6-8-16(9-7-14)29(24,25)20-10-11-27-15-4-2-13(3-5-15)12-17-18(22)21-19(23)28-17/h2-9,12,20H,10-11H2,1H3,(H,21,22,23)/b17-12-. The number of methoxy groups -OCH3 is 1. The lowest BCUT2D eigenvalue weighted by molar-refractivity contribution is -0.115. The first kappa shape index (κ1) is 20.9. The third-order valence-corrected chi connectivity index (χ3v) is 6.14. The van der Waals surface area contributed by atoms with Crippen LogP contribution in [0.1, 0.15) is 5.56 Å². The van der Waals surface area contributed by atoms with E-state index < -0.39 is 21.2 Å². The van der Waals surface area contributed by atoms with Crippen LogP contribution in [0.2, 0.25) is 0 Å². The zero-order chi connectivity index (χ0) is 20.9. The van der Waals surface area contributed by atoms with Gasteiger partial charge in [-0.1, -0.05) is 12.1 Å². The number of imide groups is 1.